The number of hydrogen-bond acceptors (Lipinski definition) is 5. The molecule has 6 heteroatoms. The summed E-state index contributed by atoms with van der Waals surface area (Å²) in [6, 6.07) is 15.0. The van der Waals surface area contributed by atoms with Gasteiger partial charge in [-0.05, 0) is 42.3 Å². The summed E-state index contributed by atoms with van der Waals surface area (Å²) in [7, 11) is 0. The van der Waals surface area contributed by atoms with Gasteiger partial charge in [0.15, 0.2) is 0 Å². The van der Waals surface area contributed by atoms with Crippen molar-refractivity contribution in [2.24, 2.45) is 0 Å². The lowest BCUT2D eigenvalue weighted by atomic mass is 10.1. The molecule has 0 radical (unpaired) electrons. The predicted octanol–water partition coefficient (Wildman–Crippen LogP) is 4.81. The topological polar surface area (TPSA) is 88.2 Å². The van der Waals surface area contributed by atoms with Crippen LogP contribution in [0.3, 0.4) is 0 Å². The molecule has 2 aromatic heterocycles. The molecular formula is C22H19N3O2S. The van der Waals surface area contributed by atoms with Crippen molar-refractivity contribution in [3.63, 3.8) is 0 Å². The zero-order valence-electron chi connectivity index (χ0n) is 15.3. The minimum absolute atomic E-state index is 0.0416. The van der Waals surface area contributed by atoms with Crippen LogP contribution in [0, 0.1) is 0 Å². The van der Waals surface area contributed by atoms with E-state index in [0.29, 0.717) is 21.1 Å². The van der Waals surface area contributed by atoms with Crippen molar-refractivity contribution in [3.8, 4) is 0 Å². The molecule has 4 rings (SSSR count). The number of aromatic nitrogens is 1. The molecule has 4 aromatic rings. The Kier molecular flexibility index (Phi) is 4.58. The zero-order valence-corrected chi connectivity index (χ0v) is 16.1. The van der Waals surface area contributed by atoms with Gasteiger partial charge in [0.25, 0.3) is 5.91 Å². The van der Waals surface area contributed by atoms with Crippen LogP contribution in [0.2, 0.25) is 0 Å². The van der Waals surface area contributed by atoms with Crippen molar-refractivity contribution in [2.75, 3.05) is 11.1 Å². The van der Waals surface area contributed by atoms with Gasteiger partial charge in [-0.2, -0.15) is 0 Å². The van der Waals surface area contributed by atoms with Crippen molar-refractivity contribution >= 4 is 55.3 Å². The van der Waals surface area contributed by atoms with Crippen molar-refractivity contribution in [3.05, 3.63) is 71.1 Å². The smallest absolute Gasteiger partial charge is 0.267 e. The minimum Gasteiger partial charge on any atom is -0.397 e. The number of aliphatic hydroxyl groups excluding tert-OH is 1. The molecule has 1 amide bonds. The molecular weight excluding hydrogens is 370 g/mol. The third kappa shape index (κ3) is 3.24. The normalized spacial score (nSPS) is 11.1. The first-order valence-electron chi connectivity index (χ1n) is 8.76. The Morgan fingerprint density at radius 1 is 1.21 bits per heavy atom. The highest BCUT2D eigenvalue weighted by Crippen LogP contribution is 2.35. The Labute approximate surface area is 166 Å². The quantitative estimate of drug-likeness (QED) is 0.467. The number of allylic oxidation sites excluding steroid dienone is 1. The number of nitrogens with two attached hydrogens (primary N) is 1. The molecule has 0 spiro atoms. The van der Waals surface area contributed by atoms with Gasteiger partial charge in [-0.15, -0.1) is 11.3 Å². The number of nitrogens with one attached hydrogen (secondary N) is 1. The van der Waals surface area contributed by atoms with Crippen molar-refractivity contribution in [2.45, 2.75) is 13.5 Å². The number of amides is 1. The van der Waals surface area contributed by atoms with Crippen LogP contribution in [0.25, 0.3) is 26.7 Å². The first-order valence-corrected chi connectivity index (χ1v) is 9.57. The van der Waals surface area contributed by atoms with Gasteiger partial charge in [0.05, 0.1) is 17.8 Å². The van der Waals surface area contributed by atoms with Gasteiger partial charge < -0.3 is 16.2 Å². The average Bonchev–Trinajstić information content (AvgIpc) is 3.02. The van der Waals surface area contributed by atoms with E-state index in [1.807, 2.05) is 55.5 Å². The van der Waals surface area contributed by atoms with E-state index < -0.39 is 0 Å². The van der Waals surface area contributed by atoms with E-state index in [1.54, 1.807) is 0 Å². The molecule has 5 nitrogen and oxygen atoms in total. The average molecular weight is 389 g/mol. The van der Waals surface area contributed by atoms with Crippen LogP contribution in [-0.4, -0.2) is 16.0 Å². The van der Waals surface area contributed by atoms with E-state index in [-0.39, 0.29) is 12.5 Å². The van der Waals surface area contributed by atoms with Crippen molar-refractivity contribution in [1.82, 2.24) is 4.98 Å². The molecule has 0 saturated heterocycles. The van der Waals surface area contributed by atoms with Crippen LogP contribution in [0.15, 0.2) is 55.1 Å². The molecule has 0 aliphatic heterocycles. The Bertz CT molecular complexity index is 1230. The monoisotopic (exact) mass is 389 g/mol. The fourth-order valence-corrected chi connectivity index (χ4v) is 4.01. The zero-order chi connectivity index (χ0) is 19.8. The van der Waals surface area contributed by atoms with Crippen LogP contribution in [0.4, 0.5) is 11.4 Å². The van der Waals surface area contributed by atoms with E-state index in [2.05, 4.69) is 16.9 Å². The molecule has 28 heavy (non-hydrogen) atoms. The number of aliphatic hydroxyl groups is 1. The Hall–Kier alpha value is -3.22. The number of hydrogen-bond donors (Lipinski definition) is 3. The van der Waals surface area contributed by atoms with Crippen molar-refractivity contribution in [1.29, 1.82) is 0 Å². The number of nitrogens with zero attached hydrogens (tertiary/aromatic N) is 1. The Morgan fingerprint density at radius 2 is 1.96 bits per heavy atom. The molecule has 4 N–H and O–H groups in total. The summed E-state index contributed by atoms with van der Waals surface area (Å²) < 4.78 is 0. The minimum atomic E-state index is -0.260. The van der Waals surface area contributed by atoms with Crippen LogP contribution >= 0.6 is 11.3 Å². The number of thiophene rings is 1. The van der Waals surface area contributed by atoms with Gasteiger partial charge in [-0.1, -0.05) is 36.4 Å². The highest BCUT2D eigenvalue weighted by molar-refractivity contribution is 7.21. The standard InChI is InChI=1S/C22H19N3O2S/c1-12(2)14-5-7-16(8-6-14)24-21(27)20-19(23)17-10-15-4-3-13(11-26)9-18(15)25-22(17)28-20/h3-10,26H,1,11,23H2,2H3,(H,24,27). The number of rotatable bonds is 4. The predicted molar refractivity (Wildman–Crippen MR) is 117 cm³/mol. The molecule has 0 aliphatic rings. The van der Waals surface area contributed by atoms with Gasteiger partial charge >= 0.3 is 0 Å². The maximum atomic E-state index is 12.8. The first-order chi connectivity index (χ1) is 13.5. The highest BCUT2D eigenvalue weighted by Gasteiger charge is 2.18. The first kappa shape index (κ1) is 18.2. The number of carbonyl (C=O) groups is 1. The summed E-state index contributed by atoms with van der Waals surface area (Å²) in [4.78, 5) is 18.5. The van der Waals surface area contributed by atoms with Gasteiger partial charge in [0, 0.05) is 16.5 Å². The van der Waals surface area contributed by atoms with E-state index >= 15 is 0 Å². The molecule has 0 atom stereocenters. The van der Waals surface area contributed by atoms with Gasteiger partial charge in [-0.25, -0.2) is 4.98 Å². The van der Waals surface area contributed by atoms with Crippen molar-refractivity contribution < 1.29 is 9.90 Å². The summed E-state index contributed by atoms with van der Waals surface area (Å²) in [5.41, 5.74) is 10.9. The van der Waals surface area contributed by atoms with E-state index in [4.69, 9.17) is 5.73 Å². The fourth-order valence-electron chi connectivity index (χ4n) is 3.03. The molecule has 0 fully saturated rings. The number of carbonyl (C=O) groups excluding carboxylic acids is 1. The van der Waals surface area contributed by atoms with E-state index in [0.717, 1.165) is 33.0 Å². The summed E-state index contributed by atoms with van der Waals surface area (Å²) in [6.07, 6.45) is 0. The lowest BCUT2D eigenvalue weighted by molar-refractivity contribution is 0.103. The molecule has 0 unspecified atom stereocenters. The maximum absolute atomic E-state index is 12.8. The third-order valence-corrected chi connectivity index (χ3v) is 5.72. The van der Waals surface area contributed by atoms with Crippen LogP contribution < -0.4 is 11.1 Å². The van der Waals surface area contributed by atoms with Gasteiger partial charge in [-0.3, -0.25) is 4.79 Å². The number of nitrogen functional groups attached to an aromatic ring is 1. The Morgan fingerprint density at radius 3 is 2.64 bits per heavy atom. The van der Waals surface area contributed by atoms with Gasteiger partial charge in [0.2, 0.25) is 0 Å². The number of pyridine rings is 1. The number of fused-ring (bicyclic) bond motifs is 2. The summed E-state index contributed by atoms with van der Waals surface area (Å²) in [6.45, 7) is 5.81. The number of anilines is 2. The lowest BCUT2D eigenvalue weighted by Gasteiger charge is -2.06. The molecule has 2 heterocycles. The van der Waals surface area contributed by atoms with Crippen LogP contribution in [-0.2, 0) is 6.61 Å². The Balaban J connectivity index is 1.69. The third-order valence-electron chi connectivity index (χ3n) is 4.60. The second-order valence-corrected chi connectivity index (χ2v) is 7.68. The summed E-state index contributed by atoms with van der Waals surface area (Å²) >= 11 is 1.26. The largest absolute Gasteiger partial charge is 0.397 e. The second-order valence-electron chi connectivity index (χ2n) is 6.68. The van der Waals surface area contributed by atoms with Crippen LogP contribution in [0.1, 0.15) is 27.7 Å². The maximum Gasteiger partial charge on any atom is 0.267 e. The van der Waals surface area contributed by atoms with Gasteiger partial charge in [0.1, 0.15) is 9.71 Å². The summed E-state index contributed by atoms with van der Waals surface area (Å²) in [5.74, 6) is -0.260. The van der Waals surface area contributed by atoms with E-state index in [9.17, 15) is 9.90 Å². The second kappa shape index (κ2) is 7.07. The lowest BCUT2D eigenvalue weighted by Crippen LogP contribution is -2.11. The SMILES string of the molecule is C=C(C)c1ccc(NC(=O)c2sc3nc4cc(CO)ccc4cc3c2N)cc1. The molecule has 0 saturated carbocycles. The molecule has 0 aliphatic carbocycles. The fraction of sp³-hybridized carbons (Fsp3) is 0.0909. The number of benzene rings is 2. The van der Waals surface area contributed by atoms with Crippen LogP contribution in [0.5, 0.6) is 0 Å². The van der Waals surface area contributed by atoms with E-state index in [1.165, 1.54) is 11.3 Å². The highest BCUT2D eigenvalue weighted by atomic mass is 32.1. The molecule has 140 valence electrons. The summed E-state index contributed by atoms with van der Waals surface area (Å²) in [5, 5.41) is 13.9. The molecule has 2 aromatic carbocycles. The molecule has 0 bridgehead atoms.